The number of carbonyl (C=O) groups is 2. The highest BCUT2D eigenvalue weighted by Gasteiger charge is 2.01. The highest BCUT2D eigenvalue weighted by Crippen LogP contribution is 1.97. The number of carbonyl (C=O) groups excluding carboxylic acids is 2. The van der Waals surface area contributed by atoms with Gasteiger partial charge in [-0.1, -0.05) is 37.3 Å². The minimum atomic E-state index is 0.0353. The summed E-state index contributed by atoms with van der Waals surface area (Å²) in [6.45, 7) is 3.37. The molecule has 98 valence electrons. The summed E-state index contributed by atoms with van der Waals surface area (Å²) in [5.41, 5.74) is 1.22. The normalized spacial score (nSPS) is 9.16. The number of hydrogen-bond donors (Lipinski definition) is 0. The van der Waals surface area contributed by atoms with Crippen LogP contribution in [0.5, 0.6) is 0 Å². The van der Waals surface area contributed by atoms with E-state index in [1.165, 1.54) is 12.4 Å². The van der Waals surface area contributed by atoms with Gasteiger partial charge in [0.05, 0.1) is 6.20 Å². The number of ketones is 2. The molecule has 0 spiro atoms. The van der Waals surface area contributed by atoms with Crippen LogP contribution in [0, 0.1) is 0 Å². The van der Waals surface area contributed by atoms with Gasteiger partial charge in [-0.25, -0.2) is 4.98 Å². The molecule has 2 aromatic rings. The summed E-state index contributed by atoms with van der Waals surface area (Å²) >= 11 is 0. The molecule has 0 saturated carbocycles. The lowest BCUT2D eigenvalue weighted by atomic mass is 10.2. The highest BCUT2D eigenvalue weighted by atomic mass is 16.1. The predicted molar refractivity (Wildman–Crippen MR) is 73.1 cm³/mol. The zero-order chi connectivity index (χ0) is 14.1. The molecule has 0 N–H and O–H groups in total. The molecule has 0 radical (unpaired) electrons. The third-order valence-electron chi connectivity index (χ3n) is 2.35. The molecule has 2 rings (SSSR count). The summed E-state index contributed by atoms with van der Waals surface area (Å²) < 4.78 is 0. The van der Waals surface area contributed by atoms with E-state index in [2.05, 4.69) is 9.97 Å². The van der Waals surface area contributed by atoms with Crippen molar-refractivity contribution in [2.24, 2.45) is 0 Å². The van der Waals surface area contributed by atoms with Gasteiger partial charge < -0.3 is 0 Å². The van der Waals surface area contributed by atoms with Crippen LogP contribution in [0.1, 0.15) is 41.1 Å². The SMILES string of the molecule is CC(=O)c1ccccc1.CCC(=O)c1cnccn1. The number of Topliss-reactive ketones (excluding diaryl/α,β-unsaturated/α-hetero) is 2. The minimum Gasteiger partial charge on any atom is -0.295 e. The van der Waals surface area contributed by atoms with Crippen LogP contribution in [-0.2, 0) is 0 Å². The maximum Gasteiger partial charge on any atom is 0.182 e. The Morgan fingerprint density at radius 1 is 1.11 bits per heavy atom. The summed E-state index contributed by atoms with van der Waals surface area (Å²) in [4.78, 5) is 29.2. The van der Waals surface area contributed by atoms with E-state index < -0.39 is 0 Å². The molecular formula is C15H16N2O2. The van der Waals surface area contributed by atoms with E-state index in [-0.39, 0.29) is 11.6 Å². The average molecular weight is 256 g/mol. The molecule has 4 heteroatoms. The monoisotopic (exact) mass is 256 g/mol. The fourth-order valence-corrected chi connectivity index (χ4v) is 1.30. The fourth-order valence-electron chi connectivity index (χ4n) is 1.30. The number of nitrogens with zero attached hydrogens (tertiary/aromatic N) is 2. The zero-order valence-electron chi connectivity index (χ0n) is 11.0. The average Bonchev–Trinajstić information content (AvgIpc) is 2.49. The van der Waals surface area contributed by atoms with Crippen LogP contribution in [0.2, 0.25) is 0 Å². The van der Waals surface area contributed by atoms with Crippen molar-refractivity contribution in [1.82, 2.24) is 9.97 Å². The van der Waals surface area contributed by atoms with Crippen LogP contribution in [0.15, 0.2) is 48.9 Å². The Labute approximate surface area is 112 Å². The molecular weight excluding hydrogens is 240 g/mol. The first-order valence-corrected chi connectivity index (χ1v) is 6.00. The fraction of sp³-hybridized carbons (Fsp3) is 0.200. The Kier molecular flexibility index (Phi) is 6.09. The first kappa shape index (κ1) is 14.7. The van der Waals surface area contributed by atoms with Gasteiger partial charge >= 0.3 is 0 Å². The minimum absolute atomic E-state index is 0.0353. The van der Waals surface area contributed by atoms with Gasteiger partial charge in [0, 0.05) is 24.4 Å². The summed E-state index contributed by atoms with van der Waals surface area (Å²) in [7, 11) is 0. The van der Waals surface area contributed by atoms with Crippen LogP contribution in [-0.4, -0.2) is 21.5 Å². The Bertz CT molecular complexity index is 524. The maximum atomic E-state index is 10.9. The molecule has 1 heterocycles. The zero-order valence-corrected chi connectivity index (χ0v) is 11.0. The first-order chi connectivity index (χ1) is 9.15. The molecule has 0 aliphatic heterocycles. The highest BCUT2D eigenvalue weighted by molar-refractivity contribution is 5.94. The molecule has 1 aromatic heterocycles. The molecule has 0 bridgehead atoms. The Hall–Kier alpha value is -2.36. The Balaban J connectivity index is 0.000000191. The Morgan fingerprint density at radius 3 is 2.21 bits per heavy atom. The van der Waals surface area contributed by atoms with E-state index in [1.54, 1.807) is 20.0 Å². The van der Waals surface area contributed by atoms with E-state index in [1.807, 2.05) is 30.3 Å². The third kappa shape index (κ3) is 5.21. The van der Waals surface area contributed by atoms with Gasteiger partial charge in [0.2, 0.25) is 0 Å². The second kappa shape index (κ2) is 7.87. The van der Waals surface area contributed by atoms with Crippen molar-refractivity contribution in [2.75, 3.05) is 0 Å². The maximum absolute atomic E-state index is 10.9. The molecule has 0 aliphatic carbocycles. The van der Waals surface area contributed by atoms with E-state index in [9.17, 15) is 9.59 Å². The van der Waals surface area contributed by atoms with Gasteiger partial charge in [-0.15, -0.1) is 0 Å². The molecule has 0 aliphatic rings. The number of aromatic nitrogens is 2. The molecule has 0 saturated heterocycles. The van der Waals surface area contributed by atoms with Crippen LogP contribution in [0.25, 0.3) is 0 Å². The van der Waals surface area contributed by atoms with Gasteiger partial charge in [-0.2, -0.15) is 0 Å². The van der Waals surface area contributed by atoms with Gasteiger partial charge in [-0.3, -0.25) is 14.6 Å². The van der Waals surface area contributed by atoms with Crippen molar-refractivity contribution >= 4 is 11.6 Å². The van der Waals surface area contributed by atoms with Crippen molar-refractivity contribution in [3.8, 4) is 0 Å². The molecule has 1 aromatic carbocycles. The molecule has 0 atom stereocenters. The van der Waals surface area contributed by atoms with Crippen LogP contribution < -0.4 is 0 Å². The molecule has 0 unspecified atom stereocenters. The molecule has 4 nitrogen and oxygen atoms in total. The van der Waals surface area contributed by atoms with Crippen molar-refractivity contribution < 1.29 is 9.59 Å². The summed E-state index contributed by atoms with van der Waals surface area (Å²) in [5, 5.41) is 0. The predicted octanol–water partition coefficient (Wildman–Crippen LogP) is 2.96. The van der Waals surface area contributed by atoms with Crippen LogP contribution in [0.3, 0.4) is 0 Å². The molecule has 0 amide bonds. The summed E-state index contributed by atoms with van der Waals surface area (Å²) in [5.74, 6) is 0.156. The largest absolute Gasteiger partial charge is 0.295 e. The number of benzene rings is 1. The van der Waals surface area contributed by atoms with Crippen molar-refractivity contribution in [2.45, 2.75) is 20.3 Å². The lowest BCUT2D eigenvalue weighted by Crippen LogP contribution is -1.99. The topological polar surface area (TPSA) is 59.9 Å². The van der Waals surface area contributed by atoms with E-state index in [4.69, 9.17) is 0 Å². The smallest absolute Gasteiger partial charge is 0.182 e. The molecule has 19 heavy (non-hydrogen) atoms. The van der Waals surface area contributed by atoms with Gasteiger partial charge in [0.25, 0.3) is 0 Å². The third-order valence-corrected chi connectivity index (χ3v) is 2.35. The van der Waals surface area contributed by atoms with Crippen molar-refractivity contribution in [3.05, 3.63) is 60.2 Å². The van der Waals surface area contributed by atoms with E-state index in [0.717, 1.165) is 5.56 Å². The van der Waals surface area contributed by atoms with Crippen LogP contribution >= 0.6 is 0 Å². The number of rotatable bonds is 3. The van der Waals surface area contributed by atoms with E-state index in [0.29, 0.717) is 12.1 Å². The van der Waals surface area contributed by atoms with Crippen LogP contribution in [0.4, 0.5) is 0 Å². The Morgan fingerprint density at radius 2 is 1.79 bits per heavy atom. The van der Waals surface area contributed by atoms with Gasteiger partial charge in [0.15, 0.2) is 11.6 Å². The second-order valence-electron chi connectivity index (χ2n) is 3.79. The van der Waals surface area contributed by atoms with Crippen molar-refractivity contribution in [1.29, 1.82) is 0 Å². The summed E-state index contributed by atoms with van der Waals surface area (Å²) in [6, 6.07) is 9.23. The first-order valence-electron chi connectivity index (χ1n) is 6.00. The van der Waals surface area contributed by atoms with Gasteiger partial charge in [0.1, 0.15) is 5.69 Å². The number of hydrogen-bond acceptors (Lipinski definition) is 4. The van der Waals surface area contributed by atoms with Crippen molar-refractivity contribution in [3.63, 3.8) is 0 Å². The molecule has 0 fully saturated rings. The standard InChI is InChI=1S/C8H8O.C7H8N2O/c1-7(9)8-5-3-2-4-6-8;1-2-7(10)6-5-8-3-4-9-6/h2-6H,1H3;3-5H,2H2,1H3. The quantitative estimate of drug-likeness (QED) is 0.792. The second-order valence-corrected chi connectivity index (χ2v) is 3.79. The van der Waals surface area contributed by atoms with E-state index >= 15 is 0 Å². The van der Waals surface area contributed by atoms with Gasteiger partial charge in [-0.05, 0) is 6.92 Å². The summed E-state index contributed by atoms with van der Waals surface area (Å²) in [6.07, 6.45) is 5.03. The lowest BCUT2D eigenvalue weighted by molar-refractivity contribution is 0.0981. The lowest BCUT2D eigenvalue weighted by Gasteiger charge is -1.91.